The molecule has 138 valence electrons. The van der Waals surface area contributed by atoms with Gasteiger partial charge in [-0.2, -0.15) is 0 Å². The fourth-order valence-corrected chi connectivity index (χ4v) is 2.77. The van der Waals surface area contributed by atoms with E-state index in [1.807, 2.05) is 25.1 Å². The van der Waals surface area contributed by atoms with Gasteiger partial charge in [-0.1, -0.05) is 43.1 Å². The Hall–Kier alpha value is -2.11. The van der Waals surface area contributed by atoms with E-state index < -0.39 is 0 Å². The Balaban J connectivity index is 1.79. The van der Waals surface area contributed by atoms with Gasteiger partial charge in [0.2, 0.25) is 5.91 Å². The molecule has 1 amide bonds. The van der Waals surface area contributed by atoms with Gasteiger partial charge < -0.3 is 16.0 Å². The van der Waals surface area contributed by atoms with E-state index >= 15 is 0 Å². The number of aryl methyl sites for hydroxylation is 1. The lowest BCUT2D eigenvalue weighted by Gasteiger charge is -2.12. The van der Waals surface area contributed by atoms with Crippen molar-refractivity contribution in [1.82, 2.24) is 5.32 Å². The number of rotatable bonds is 7. The number of halogens is 1. The molecule has 0 saturated carbocycles. The molecule has 2 aromatic carbocycles. The first-order chi connectivity index (χ1) is 12.5. The third-order valence-electron chi connectivity index (χ3n) is 3.98. The van der Waals surface area contributed by atoms with Gasteiger partial charge in [-0.3, -0.25) is 4.79 Å². The fourth-order valence-electron chi connectivity index (χ4n) is 2.41. The van der Waals surface area contributed by atoms with Crippen molar-refractivity contribution in [3.05, 3.63) is 58.6 Å². The largest absolute Gasteiger partial charge is 0.353 e. The van der Waals surface area contributed by atoms with Crippen LogP contribution in [-0.2, 0) is 11.2 Å². The molecule has 0 unspecified atom stereocenters. The number of benzene rings is 2. The lowest BCUT2D eigenvalue weighted by Crippen LogP contribution is -2.35. The molecule has 3 N–H and O–H groups in total. The number of carbonyl (C=O) groups excluding carboxylic acids is 1. The topological polar surface area (TPSA) is 53.2 Å². The Labute approximate surface area is 165 Å². The summed E-state index contributed by atoms with van der Waals surface area (Å²) in [7, 11) is 0. The number of hydrogen-bond acceptors (Lipinski definition) is 2. The molecule has 0 heterocycles. The molecular formula is C20H24ClN3OS. The lowest BCUT2D eigenvalue weighted by atomic mass is 10.1. The molecular weight excluding hydrogens is 366 g/mol. The lowest BCUT2D eigenvalue weighted by molar-refractivity contribution is -0.115. The van der Waals surface area contributed by atoms with Gasteiger partial charge in [-0.25, -0.2) is 0 Å². The first-order valence-electron chi connectivity index (χ1n) is 8.68. The van der Waals surface area contributed by atoms with Crippen molar-refractivity contribution < 1.29 is 4.79 Å². The van der Waals surface area contributed by atoms with Gasteiger partial charge >= 0.3 is 0 Å². The third-order valence-corrected chi connectivity index (χ3v) is 4.64. The van der Waals surface area contributed by atoms with Crippen LogP contribution in [0.1, 0.15) is 30.9 Å². The summed E-state index contributed by atoms with van der Waals surface area (Å²) in [5, 5.41) is 9.84. The van der Waals surface area contributed by atoms with Gasteiger partial charge in [0.1, 0.15) is 0 Å². The standard InChI is InChI=1S/C20H24ClN3OS/c1-3-4-6-15-9-11-16(12-10-15)23-20(26)22-13-19(25)24-18-8-5-7-17(21)14(18)2/h5,7-12H,3-4,6,13H2,1-2H3,(H,24,25)(H2,22,23,26). The molecule has 0 fully saturated rings. The monoisotopic (exact) mass is 389 g/mol. The van der Waals surface area contributed by atoms with Crippen molar-refractivity contribution in [3.63, 3.8) is 0 Å². The zero-order valence-corrected chi connectivity index (χ0v) is 16.6. The highest BCUT2D eigenvalue weighted by molar-refractivity contribution is 7.80. The Kier molecular flexibility index (Phi) is 7.88. The quantitative estimate of drug-likeness (QED) is 0.588. The first kappa shape index (κ1) is 20.2. The molecule has 2 rings (SSSR count). The van der Waals surface area contributed by atoms with E-state index in [0.29, 0.717) is 15.8 Å². The molecule has 0 spiro atoms. The minimum absolute atomic E-state index is 0.0758. The predicted octanol–water partition coefficient (Wildman–Crippen LogP) is 4.92. The van der Waals surface area contributed by atoms with Crippen molar-refractivity contribution >= 4 is 46.2 Å². The van der Waals surface area contributed by atoms with E-state index in [1.165, 1.54) is 18.4 Å². The molecule has 0 atom stereocenters. The minimum atomic E-state index is -0.186. The van der Waals surface area contributed by atoms with E-state index in [9.17, 15) is 4.79 Å². The van der Waals surface area contributed by atoms with Crippen LogP contribution in [0.15, 0.2) is 42.5 Å². The molecule has 0 bridgehead atoms. The van der Waals surface area contributed by atoms with Gasteiger partial charge in [-0.05, 0) is 67.4 Å². The van der Waals surface area contributed by atoms with E-state index in [4.69, 9.17) is 23.8 Å². The van der Waals surface area contributed by atoms with Crippen LogP contribution in [0.4, 0.5) is 11.4 Å². The number of unbranched alkanes of at least 4 members (excludes halogenated alkanes) is 1. The first-order valence-corrected chi connectivity index (χ1v) is 9.47. The normalized spacial score (nSPS) is 10.3. The van der Waals surface area contributed by atoms with Crippen LogP contribution in [0.2, 0.25) is 5.02 Å². The van der Waals surface area contributed by atoms with Crippen LogP contribution in [0.5, 0.6) is 0 Å². The minimum Gasteiger partial charge on any atom is -0.353 e. The summed E-state index contributed by atoms with van der Waals surface area (Å²) in [5.41, 5.74) is 3.75. The van der Waals surface area contributed by atoms with Crippen molar-refractivity contribution in [2.24, 2.45) is 0 Å². The number of hydrogen-bond donors (Lipinski definition) is 3. The molecule has 0 aromatic heterocycles. The van der Waals surface area contributed by atoms with Gasteiger partial charge in [0, 0.05) is 16.4 Å². The van der Waals surface area contributed by atoms with Gasteiger partial charge in [-0.15, -0.1) is 0 Å². The second kappa shape index (κ2) is 10.1. The molecule has 0 aliphatic carbocycles. The number of carbonyl (C=O) groups is 1. The van der Waals surface area contributed by atoms with Gasteiger partial charge in [0.15, 0.2) is 5.11 Å². The molecule has 26 heavy (non-hydrogen) atoms. The van der Waals surface area contributed by atoms with Crippen LogP contribution < -0.4 is 16.0 Å². The van der Waals surface area contributed by atoms with Crippen LogP contribution in [-0.4, -0.2) is 17.6 Å². The number of anilines is 2. The fraction of sp³-hybridized carbons (Fsp3) is 0.300. The molecule has 0 aliphatic heterocycles. The zero-order valence-electron chi connectivity index (χ0n) is 15.1. The van der Waals surface area contributed by atoms with Gasteiger partial charge in [0.05, 0.1) is 6.54 Å². The Morgan fingerprint density at radius 2 is 1.85 bits per heavy atom. The number of nitrogens with one attached hydrogen (secondary N) is 3. The maximum Gasteiger partial charge on any atom is 0.243 e. The molecule has 4 nitrogen and oxygen atoms in total. The second-order valence-electron chi connectivity index (χ2n) is 6.07. The molecule has 2 aromatic rings. The SMILES string of the molecule is CCCCc1ccc(NC(=S)NCC(=O)Nc2cccc(Cl)c2C)cc1. The van der Waals surface area contributed by atoms with Crippen molar-refractivity contribution in [2.45, 2.75) is 33.1 Å². The van der Waals surface area contributed by atoms with E-state index in [1.54, 1.807) is 12.1 Å². The van der Waals surface area contributed by atoms with Crippen molar-refractivity contribution in [3.8, 4) is 0 Å². The summed E-state index contributed by atoms with van der Waals surface area (Å²) in [6.07, 6.45) is 3.46. The second-order valence-corrected chi connectivity index (χ2v) is 6.88. The maximum absolute atomic E-state index is 12.1. The van der Waals surface area contributed by atoms with Crippen LogP contribution in [0.25, 0.3) is 0 Å². The average Bonchev–Trinajstić information content (AvgIpc) is 2.63. The predicted molar refractivity (Wildman–Crippen MR) is 114 cm³/mol. The highest BCUT2D eigenvalue weighted by Crippen LogP contribution is 2.22. The summed E-state index contributed by atoms with van der Waals surface area (Å²) >= 11 is 11.3. The number of amides is 1. The zero-order chi connectivity index (χ0) is 18.9. The smallest absolute Gasteiger partial charge is 0.243 e. The van der Waals surface area contributed by atoms with Crippen molar-refractivity contribution in [1.29, 1.82) is 0 Å². The molecule has 6 heteroatoms. The summed E-state index contributed by atoms with van der Waals surface area (Å²) in [6, 6.07) is 13.6. The van der Waals surface area contributed by atoms with Crippen LogP contribution in [0.3, 0.4) is 0 Å². The summed E-state index contributed by atoms with van der Waals surface area (Å²) < 4.78 is 0. The van der Waals surface area contributed by atoms with Crippen LogP contribution in [0, 0.1) is 6.92 Å². The number of thiocarbonyl (C=S) groups is 1. The third kappa shape index (κ3) is 6.32. The van der Waals surface area contributed by atoms with E-state index in [0.717, 1.165) is 17.7 Å². The Bertz CT molecular complexity index is 762. The average molecular weight is 390 g/mol. The summed E-state index contributed by atoms with van der Waals surface area (Å²) in [5.74, 6) is -0.186. The Morgan fingerprint density at radius 3 is 2.54 bits per heavy atom. The summed E-state index contributed by atoms with van der Waals surface area (Å²) in [4.78, 5) is 12.1. The van der Waals surface area contributed by atoms with E-state index in [-0.39, 0.29) is 12.5 Å². The highest BCUT2D eigenvalue weighted by atomic mass is 35.5. The maximum atomic E-state index is 12.1. The molecule has 0 aliphatic rings. The molecule has 0 radical (unpaired) electrons. The van der Waals surface area contributed by atoms with Gasteiger partial charge in [0.25, 0.3) is 0 Å². The molecule has 0 saturated heterocycles. The highest BCUT2D eigenvalue weighted by Gasteiger charge is 2.07. The summed E-state index contributed by atoms with van der Waals surface area (Å²) in [6.45, 7) is 4.12. The van der Waals surface area contributed by atoms with Crippen LogP contribution >= 0.6 is 23.8 Å². The van der Waals surface area contributed by atoms with E-state index in [2.05, 4.69) is 35.0 Å². The van der Waals surface area contributed by atoms with Crippen molar-refractivity contribution in [2.75, 3.05) is 17.2 Å². The Morgan fingerprint density at radius 1 is 1.12 bits per heavy atom.